The molecular weight excluding hydrogens is 266 g/mol. The highest BCUT2D eigenvalue weighted by Gasteiger charge is 2.19. The lowest BCUT2D eigenvalue weighted by Crippen LogP contribution is -2.31. The van der Waals surface area contributed by atoms with Crippen molar-refractivity contribution in [2.75, 3.05) is 20.3 Å². The average molecular weight is 283 g/mol. The van der Waals surface area contributed by atoms with Crippen molar-refractivity contribution in [1.82, 2.24) is 0 Å². The molecule has 0 amide bonds. The standard InChI is InChI=1S/C17H17NO3/c1-19-14-8-6-13(7-9-14)10-18-11-15-12-20-16-4-2-3-5-17(16)21-15/h2-10,15H,11-12H2,1H3/t15-/m0/s1. The zero-order valence-electron chi connectivity index (χ0n) is 11.9. The number of para-hydroxylation sites is 2. The number of methoxy groups -OCH3 is 1. The van der Waals surface area contributed by atoms with Gasteiger partial charge in [0.1, 0.15) is 12.4 Å². The summed E-state index contributed by atoms with van der Waals surface area (Å²) in [5.41, 5.74) is 1.04. The second-order valence-electron chi connectivity index (χ2n) is 4.77. The van der Waals surface area contributed by atoms with Crippen molar-refractivity contribution in [3.63, 3.8) is 0 Å². The quantitative estimate of drug-likeness (QED) is 0.810. The molecule has 0 bridgehead atoms. The number of hydrogen-bond acceptors (Lipinski definition) is 4. The van der Waals surface area contributed by atoms with Gasteiger partial charge in [0.15, 0.2) is 17.6 Å². The average Bonchev–Trinajstić information content (AvgIpc) is 2.55. The summed E-state index contributed by atoms with van der Waals surface area (Å²) in [4.78, 5) is 4.42. The molecule has 0 aliphatic carbocycles. The highest BCUT2D eigenvalue weighted by atomic mass is 16.6. The van der Waals surface area contributed by atoms with Crippen LogP contribution < -0.4 is 14.2 Å². The molecule has 2 aromatic rings. The maximum absolute atomic E-state index is 5.85. The topological polar surface area (TPSA) is 40.0 Å². The zero-order valence-corrected chi connectivity index (χ0v) is 11.9. The minimum absolute atomic E-state index is 0.0469. The lowest BCUT2D eigenvalue weighted by molar-refractivity contribution is 0.0973. The van der Waals surface area contributed by atoms with Gasteiger partial charge in [-0.05, 0) is 42.0 Å². The summed E-state index contributed by atoms with van der Waals surface area (Å²) >= 11 is 0. The van der Waals surface area contributed by atoms with Crippen LogP contribution in [0.3, 0.4) is 0 Å². The Hall–Kier alpha value is -2.49. The van der Waals surface area contributed by atoms with E-state index in [0.29, 0.717) is 13.2 Å². The van der Waals surface area contributed by atoms with Crippen LogP contribution >= 0.6 is 0 Å². The van der Waals surface area contributed by atoms with E-state index in [1.807, 2.05) is 54.7 Å². The predicted octanol–water partition coefficient (Wildman–Crippen LogP) is 2.95. The molecule has 1 aliphatic rings. The molecule has 0 saturated heterocycles. The molecule has 3 rings (SSSR count). The Balaban J connectivity index is 1.57. The van der Waals surface area contributed by atoms with Gasteiger partial charge in [0, 0.05) is 6.21 Å². The Bertz CT molecular complexity index is 622. The molecule has 0 fully saturated rings. The fraction of sp³-hybridized carbons (Fsp3) is 0.235. The summed E-state index contributed by atoms with van der Waals surface area (Å²) < 4.78 is 16.6. The Labute approximate surface area is 124 Å². The van der Waals surface area contributed by atoms with Gasteiger partial charge in [-0.2, -0.15) is 0 Å². The first kappa shape index (κ1) is 13.5. The van der Waals surface area contributed by atoms with Crippen LogP contribution in [-0.4, -0.2) is 32.6 Å². The Morgan fingerprint density at radius 1 is 1.14 bits per heavy atom. The van der Waals surface area contributed by atoms with E-state index in [0.717, 1.165) is 22.8 Å². The SMILES string of the molecule is COc1ccc(C=NC[C@H]2COc3ccccc3O2)cc1. The van der Waals surface area contributed by atoms with E-state index < -0.39 is 0 Å². The summed E-state index contributed by atoms with van der Waals surface area (Å²) in [6.07, 6.45) is 1.79. The van der Waals surface area contributed by atoms with E-state index in [4.69, 9.17) is 14.2 Å². The lowest BCUT2D eigenvalue weighted by Gasteiger charge is -2.25. The van der Waals surface area contributed by atoms with E-state index in [1.165, 1.54) is 0 Å². The largest absolute Gasteiger partial charge is 0.497 e. The molecule has 21 heavy (non-hydrogen) atoms. The molecule has 1 aliphatic heterocycles. The molecular formula is C17H17NO3. The van der Waals surface area contributed by atoms with Crippen LogP contribution in [0.25, 0.3) is 0 Å². The molecule has 108 valence electrons. The van der Waals surface area contributed by atoms with Gasteiger partial charge >= 0.3 is 0 Å². The molecule has 0 saturated carbocycles. The first-order chi connectivity index (χ1) is 10.3. The molecule has 0 radical (unpaired) electrons. The van der Waals surface area contributed by atoms with Gasteiger partial charge in [-0.3, -0.25) is 4.99 Å². The lowest BCUT2D eigenvalue weighted by atomic mass is 10.2. The summed E-state index contributed by atoms with van der Waals surface area (Å²) in [6, 6.07) is 15.5. The first-order valence-electron chi connectivity index (χ1n) is 6.87. The molecule has 4 nitrogen and oxygen atoms in total. The van der Waals surface area contributed by atoms with Crippen molar-refractivity contribution in [1.29, 1.82) is 0 Å². The van der Waals surface area contributed by atoms with Gasteiger partial charge in [-0.15, -0.1) is 0 Å². The minimum Gasteiger partial charge on any atom is -0.497 e. The Kier molecular flexibility index (Phi) is 4.05. The smallest absolute Gasteiger partial charge is 0.161 e. The number of benzene rings is 2. The molecule has 0 aromatic heterocycles. The number of fused-ring (bicyclic) bond motifs is 1. The maximum atomic E-state index is 5.85. The number of aliphatic imine (C=N–C) groups is 1. The van der Waals surface area contributed by atoms with Crippen molar-refractivity contribution in [2.24, 2.45) is 4.99 Å². The zero-order chi connectivity index (χ0) is 14.5. The summed E-state index contributed by atoms with van der Waals surface area (Å²) in [6.45, 7) is 1.09. The molecule has 0 spiro atoms. The predicted molar refractivity (Wildman–Crippen MR) is 81.8 cm³/mol. The van der Waals surface area contributed by atoms with E-state index in [2.05, 4.69) is 4.99 Å². The fourth-order valence-corrected chi connectivity index (χ4v) is 2.12. The normalized spacial score (nSPS) is 16.9. The van der Waals surface area contributed by atoms with Crippen LogP contribution in [0.1, 0.15) is 5.56 Å². The summed E-state index contributed by atoms with van der Waals surface area (Å²) in [7, 11) is 1.65. The van der Waals surface area contributed by atoms with Crippen LogP contribution in [0.4, 0.5) is 0 Å². The monoisotopic (exact) mass is 283 g/mol. The number of nitrogens with zero attached hydrogens (tertiary/aromatic N) is 1. The minimum atomic E-state index is -0.0469. The highest BCUT2D eigenvalue weighted by molar-refractivity contribution is 5.79. The number of hydrogen-bond donors (Lipinski definition) is 0. The second-order valence-corrected chi connectivity index (χ2v) is 4.77. The second kappa shape index (κ2) is 6.31. The van der Waals surface area contributed by atoms with Crippen LogP contribution in [0, 0.1) is 0 Å². The molecule has 0 unspecified atom stereocenters. The van der Waals surface area contributed by atoms with Gasteiger partial charge < -0.3 is 14.2 Å². The van der Waals surface area contributed by atoms with E-state index in [-0.39, 0.29) is 6.10 Å². The molecule has 1 atom stereocenters. The van der Waals surface area contributed by atoms with Gasteiger partial charge in [-0.25, -0.2) is 0 Å². The number of ether oxygens (including phenoxy) is 3. The summed E-state index contributed by atoms with van der Waals surface area (Å²) in [5.74, 6) is 2.43. The first-order valence-corrected chi connectivity index (χ1v) is 6.87. The Morgan fingerprint density at radius 2 is 1.90 bits per heavy atom. The molecule has 1 heterocycles. The van der Waals surface area contributed by atoms with E-state index in [1.54, 1.807) is 7.11 Å². The van der Waals surface area contributed by atoms with Crippen LogP contribution in [-0.2, 0) is 0 Å². The van der Waals surface area contributed by atoms with Crippen LogP contribution in [0.15, 0.2) is 53.5 Å². The molecule has 4 heteroatoms. The van der Waals surface area contributed by atoms with Gasteiger partial charge in [0.25, 0.3) is 0 Å². The Morgan fingerprint density at radius 3 is 2.67 bits per heavy atom. The van der Waals surface area contributed by atoms with E-state index in [9.17, 15) is 0 Å². The van der Waals surface area contributed by atoms with Crippen LogP contribution in [0.5, 0.6) is 17.2 Å². The van der Waals surface area contributed by atoms with Crippen molar-refractivity contribution in [3.8, 4) is 17.2 Å². The van der Waals surface area contributed by atoms with Crippen molar-refractivity contribution in [3.05, 3.63) is 54.1 Å². The van der Waals surface area contributed by atoms with Crippen LogP contribution in [0.2, 0.25) is 0 Å². The van der Waals surface area contributed by atoms with Crippen molar-refractivity contribution < 1.29 is 14.2 Å². The summed E-state index contributed by atoms with van der Waals surface area (Å²) in [5, 5.41) is 0. The third-order valence-electron chi connectivity index (χ3n) is 3.23. The number of rotatable bonds is 4. The molecule has 2 aromatic carbocycles. The van der Waals surface area contributed by atoms with Crippen molar-refractivity contribution in [2.45, 2.75) is 6.10 Å². The maximum Gasteiger partial charge on any atom is 0.161 e. The van der Waals surface area contributed by atoms with Gasteiger partial charge in [0.2, 0.25) is 0 Å². The highest BCUT2D eigenvalue weighted by Crippen LogP contribution is 2.30. The third kappa shape index (κ3) is 3.34. The van der Waals surface area contributed by atoms with Gasteiger partial charge in [-0.1, -0.05) is 12.1 Å². The fourth-order valence-electron chi connectivity index (χ4n) is 2.12. The van der Waals surface area contributed by atoms with Gasteiger partial charge in [0.05, 0.1) is 13.7 Å². The molecule has 0 N–H and O–H groups in total. The van der Waals surface area contributed by atoms with Crippen molar-refractivity contribution >= 4 is 6.21 Å². The third-order valence-corrected chi connectivity index (χ3v) is 3.23. The van der Waals surface area contributed by atoms with E-state index >= 15 is 0 Å².